The Hall–Kier alpha value is -2.82. The van der Waals surface area contributed by atoms with Crippen LogP contribution < -0.4 is 5.32 Å². The Morgan fingerprint density at radius 3 is 2.46 bits per heavy atom. The smallest absolute Gasteiger partial charge is 0.317 e. The fraction of sp³-hybridized carbons (Fsp3) is 0.531. The van der Waals surface area contributed by atoms with Crippen molar-refractivity contribution in [3.05, 3.63) is 71.7 Å². The number of hydrogen-bond donors (Lipinski definition) is 2. The summed E-state index contributed by atoms with van der Waals surface area (Å²) in [4.78, 5) is 18.2. The van der Waals surface area contributed by atoms with E-state index in [-0.39, 0.29) is 23.2 Å². The van der Waals surface area contributed by atoms with E-state index >= 15 is 0 Å². The molecule has 4 nitrogen and oxygen atoms in total. The molecule has 3 aromatic rings. The van der Waals surface area contributed by atoms with Gasteiger partial charge < -0.3 is 15.2 Å². The molecule has 1 saturated carbocycles. The summed E-state index contributed by atoms with van der Waals surface area (Å²) < 4.78 is 13.8. The largest absolute Gasteiger partial charge is 0.361 e. The Labute approximate surface area is 223 Å². The van der Waals surface area contributed by atoms with E-state index in [0.29, 0.717) is 12.5 Å². The molecule has 2 N–H and O–H groups in total. The van der Waals surface area contributed by atoms with Crippen molar-refractivity contribution < 1.29 is 9.18 Å². The number of hydrogen-bond acceptors (Lipinski definition) is 1. The van der Waals surface area contributed by atoms with Gasteiger partial charge in [0.2, 0.25) is 0 Å². The standard InChI is InChI=1S/C28H34FN3O.2C2H6/c1-28(22-7-3-2-4-8-22)13-11-20(12-14-28)17-31-27(33)32-15-5-6-21(19-32)25-18-30-26-10-9-23(29)16-24(25)26;2*1-2/h2-4,7-10,16,18,20-21,30H,5-6,11-15,17,19H2,1H3,(H,31,33);2*1-2H3. The van der Waals surface area contributed by atoms with E-state index in [1.807, 2.05) is 38.8 Å². The molecule has 1 atom stereocenters. The minimum atomic E-state index is -0.218. The molecule has 1 aliphatic carbocycles. The van der Waals surface area contributed by atoms with Gasteiger partial charge in [-0.05, 0) is 79.2 Å². The quantitative estimate of drug-likeness (QED) is 0.366. The van der Waals surface area contributed by atoms with Crippen molar-refractivity contribution in [1.82, 2.24) is 15.2 Å². The van der Waals surface area contributed by atoms with Crippen molar-refractivity contribution in [1.29, 1.82) is 0 Å². The molecule has 1 aliphatic heterocycles. The Balaban J connectivity index is 0.000000907. The lowest BCUT2D eigenvalue weighted by molar-refractivity contribution is 0.174. The van der Waals surface area contributed by atoms with Crippen LogP contribution in [0.3, 0.4) is 0 Å². The number of aromatic amines is 1. The van der Waals surface area contributed by atoms with Gasteiger partial charge >= 0.3 is 6.03 Å². The van der Waals surface area contributed by atoms with Gasteiger partial charge in [0.05, 0.1) is 0 Å². The fourth-order valence-electron chi connectivity index (χ4n) is 5.86. The number of carbonyl (C=O) groups excluding carboxylic acids is 1. The zero-order valence-corrected chi connectivity index (χ0v) is 23.4. The number of aromatic nitrogens is 1. The van der Waals surface area contributed by atoms with Gasteiger partial charge in [-0.3, -0.25) is 0 Å². The van der Waals surface area contributed by atoms with Crippen molar-refractivity contribution in [2.75, 3.05) is 19.6 Å². The topological polar surface area (TPSA) is 48.1 Å². The van der Waals surface area contributed by atoms with Crippen LogP contribution in [-0.4, -0.2) is 35.5 Å². The summed E-state index contributed by atoms with van der Waals surface area (Å²) in [5.41, 5.74) is 3.76. The van der Waals surface area contributed by atoms with Crippen molar-refractivity contribution in [3.8, 4) is 0 Å². The molecule has 2 heterocycles. The van der Waals surface area contributed by atoms with Crippen LogP contribution in [0.25, 0.3) is 10.9 Å². The molecule has 0 spiro atoms. The highest BCUT2D eigenvalue weighted by Gasteiger charge is 2.33. The number of piperidine rings is 1. The van der Waals surface area contributed by atoms with E-state index in [9.17, 15) is 9.18 Å². The van der Waals surface area contributed by atoms with E-state index in [2.05, 4.69) is 47.6 Å². The van der Waals surface area contributed by atoms with Crippen LogP contribution in [-0.2, 0) is 5.41 Å². The third kappa shape index (κ3) is 6.94. The number of benzene rings is 2. The molecule has 1 unspecified atom stereocenters. The van der Waals surface area contributed by atoms with Crippen molar-refractivity contribution in [3.63, 3.8) is 0 Å². The first-order chi connectivity index (χ1) is 18.0. The molecule has 2 aromatic carbocycles. The van der Waals surface area contributed by atoms with E-state index < -0.39 is 0 Å². The van der Waals surface area contributed by atoms with E-state index in [1.54, 1.807) is 12.1 Å². The monoisotopic (exact) mass is 507 g/mol. The summed E-state index contributed by atoms with van der Waals surface area (Å²) in [7, 11) is 0. The molecule has 2 aliphatic rings. The number of halogens is 1. The maximum absolute atomic E-state index is 13.8. The maximum Gasteiger partial charge on any atom is 0.317 e. The number of urea groups is 1. The van der Waals surface area contributed by atoms with Gasteiger partial charge in [0.25, 0.3) is 0 Å². The average molecular weight is 508 g/mol. The zero-order chi connectivity index (χ0) is 26.8. The normalized spacial score (nSPS) is 23.4. The molecule has 0 bridgehead atoms. The molecule has 37 heavy (non-hydrogen) atoms. The number of amides is 2. The molecule has 2 amide bonds. The van der Waals surface area contributed by atoms with Gasteiger partial charge in [-0.2, -0.15) is 0 Å². The molecule has 1 saturated heterocycles. The second kappa shape index (κ2) is 13.6. The summed E-state index contributed by atoms with van der Waals surface area (Å²) in [5, 5.41) is 4.16. The molecular formula is C32H46FN3O. The predicted octanol–water partition coefficient (Wildman–Crippen LogP) is 8.40. The van der Waals surface area contributed by atoms with Crippen LogP contribution >= 0.6 is 0 Å². The van der Waals surface area contributed by atoms with Gasteiger partial charge in [-0.25, -0.2) is 9.18 Å². The lowest BCUT2D eigenvalue weighted by atomic mass is 9.68. The van der Waals surface area contributed by atoms with Gasteiger partial charge in [-0.1, -0.05) is 65.0 Å². The number of nitrogens with one attached hydrogen (secondary N) is 2. The summed E-state index contributed by atoms with van der Waals surface area (Å²) in [6.45, 7) is 12.6. The van der Waals surface area contributed by atoms with Crippen LogP contribution in [0.5, 0.6) is 0 Å². The molecule has 5 rings (SSSR count). The number of likely N-dealkylation sites (tertiary alicyclic amines) is 1. The van der Waals surface area contributed by atoms with Gasteiger partial charge in [-0.15, -0.1) is 0 Å². The zero-order valence-electron chi connectivity index (χ0n) is 23.4. The number of rotatable bonds is 4. The van der Waals surface area contributed by atoms with Crippen LogP contribution in [0.4, 0.5) is 9.18 Å². The second-order valence-corrected chi connectivity index (χ2v) is 10.3. The lowest BCUT2D eigenvalue weighted by Crippen LogP contribution is -2.46. The van der Waals surface area contributed by atoms with Crippen molar-refractivity contribution in [2.24, 2.45) is 5.92 Å². The highest BCUT2D eigenvalue weighted by Crippen LogP contribution is 2.41. The SMILES string of the molecule is CC.CC.CC1(c2ccccc2)CCC(CNC(=O)N2CCCC(c3c[nH]c4ccc(F)cc34)C2)CC1. The van der Waals surface area contributed by atoms with Crippen molar-refractivity contribution >= 4 is 16.9 Å². The van der Waals surface area contributed by atoms with Crippen LogP contribution in [0.15, 0.2) is 54.7 Å². The summed E-state index contributed by atoms with van der Waals surface area (Å²) >= 11 is 0. The third-order valence-corrected chi connectivity index (χ3v) is 8.05. The minimum Gasteiger partial charge on any atom is -0.361 e. The average Bonchev–Trinajstić information content (AvgIpc) is 3.38. The first kappa shape index (κ1) is 28.7. The summed E-state index contributed by atoms with van der Waals surface area (Å²) in [6.07, 6.45) is 8.61. The molecule has 5 heteroatoms. The molecule has 202 valence electrons. The Morgan fingerprint density at radius 1 is 1.05 bits per heavy atom. The van der Waals surface area contributed by atoms with Crippen LogP contribution in [0.1, 0.15) is 90.2 Å². The Morgan fingerprint density at radius 2 is 1.76 bits per heavy atom. The Bertz CT molecular complexity index is 1100. The first-order valence-electron chi connectivity index (χ1n) is 14.4. The van der Waals surface area contributed by atoms with E-state index in [4.69, 9.17) is 0 Å². The van der Waals surface area contributed by atoms with Crippen LogP contribution in [0.2, 0.25) is 0 Å². The van der Waals surface area contributed by atoms with Crippen molar-refractivity contribution in [2.45, 2.75) is 84.5 Å². The van der Waals surface area contributed by atoms with Crippen LogP contribution in [0, 0.1) is 11.7 Å². The maximum atomic E-state index is 13.8. The van der Waals surface area contributed by atoms with Gasteiger partial charge in [0, 0.05) is 42.7 Å². The number of fused-ring (bicyclic) bond motifs is 1. The van der Waals surface area contributed by atoms with E-state index in [1.165, 1.54) is 24.5 Å². The Kier molecular flexibility index (Phi) is 10.6. The summed E-state index contributed by atoms with van der Waals surface area (Å²) in [6, 6.07) is 15.8. The molecule has 2 fully saturated rings. The summed E-state index contributed by atoms with van der Waals surface area (Å²) in [5.74, 6) is 0.564. The second-order valence-electron chi connectivity index (χ2n) is 10.3. The number of carbonyl (C=O) groups is 1. The highest BCUT2D eigenvalue weighted by atomic mass is 19.1. The van der Waals surface area contributed by atoms with E-state index in [0.717, 1.165) is 55.2 Å². The third-order valence-electron chi connectivity index (χ3n) is 8.05. The molecule has 1 aromatic heterocycles. The highest BCUT2D eigenvalue weighted by molar-refractivity contribution is 5.84. The number of nitrogens with zero attached hydrogens (tertiary/aromatic N) is 1. The predicted molar refractivity (Wildman–Crippen MR) is 154 cm³/mol. The number of H-pyrrole nitrogens is 1. The van der Waals surface area contributed by atoms with Gasteiger partial charge in [0.1, 0.15) is 5.82 Å². The van der Waals surface area contributed by atoms with Gasteiger partial charge in [0.15, 0.2) is 0 Å². The first-order valence-corrected chi connectivity index (χ1v) is 14.4. The molecular weight excluding hydrogens is 461 g/mol. The fourth-order valence-corrected chi connectivity index (χ4v) is 5.86. The minimum absolute atomic E-state index is 0.0436. The molecule has 0 radical (unpaired) electrons. The lowest BCUT2D eigenvalue weighted by Gasteiger charge is -2.38.